The SMILES string of the molecule is Cn1c(=O)n(C)c2cc(S(=O)(=O)CC(=O)Nc3ccc(F)cc3Cl)ccc21. The van der Waals surface area contributed by atoms with Crippen LogP contribution in [0.5, 0.6) is 0 Å². The number of benzene rings is 2. The Morgan fingerprint density at radius 2 is 1.78 bits per heavy atom. The van der Waals surface area contributed by atoms with Gasteiger partial charge in [-0.3, -0.25) is 13.9 Å². The van der Waals surface area contributed by atoms with E-state index in [2.05, 4.69) is 5.32 Å². The zero-order chi connectivity index (χ0) is 19.9. The van der Waals surface area contributed by atoms with Gasteiger partial charge in [0.2, 0.25) is 5.91 Å². The van der Waals surface area contributed by atoms with Gasteiger partial charge in [-0.05, 0) is 36.4 Å². The van der Waals surface area contributed by atoms with E-state index in [0.29, 0.717) is 11.0 Å². The molecule has 0 aliphatic rings. The molecule has 142 valence electrons. The van der Waals surface area contributed by atoms with Crippen molar-refractivity contribution in [3.05, 3.63) is 57.7 Å². The van der Waals surface area contributed by atoms with Gasteiger partial charge in [0.15, 0.2) is 9.84 Å². The van der Waals surface area contributed by atoms with E-state index in [1.54, 1.807) is 7.05 Å². The van der Waals surface area contributed by atoms with Crippen LogP contribution in [0.15, 0.2) is 46.1 Å². The number of nitrogens with one attached hydrogen (secondary N) is 1. The lowest BCUT2D eigenvalue weighted by Crippen LogP contribution is -2.23. The number of nitrogens with zero attached hydrogens (tertiary/aromatic N) is 2. The van der Waals surface area contributed by atoms with Crippen LogP contribution in [0.4, 0.5) is 10.1 Å². The summed E-state index contributed by atoms with van der Waals surface area (Å²) in [6, 6.07) is 7.56. The van der Waals surface area contributed by atoms with E-state index in [9.17, 15) is 22.4 Å². The monoisotopic (exact) mass is 411 g/mol. The summed E-state index contributed by atoms with van der Waals surface area (Å²) in [6.07, 6.45) is 0. The quantitative estimate of drug-likeness (QED) is 0.711. The smallest absolute Gasteiger partial charge is 0.324 e. The van der Waals surface area contributed by atoms with Crippen LogP contribution in [0.1, 0.15) is 0 Å². The van der Waals surface area contributed by atoms with Gasteiger partial charge < -0.3 is 5.32 Å². The molecule has 1 aromatic heterocycles. The van der Waals surface area contributed by atoms with E-state index in [-0.39, 0.29) is 21.3 Å². The topological polar surface area (TPSA) is 90.2 Å². The van der Waals surface area contributed by atoms with Crippen molar-refractivity contribution in [2.24, 2.45) is 14.1 Å². The number of carbonyl (C=O) groups excluding carboxylic acids is 1. The summed E-state index contributed by atoms with van der Waals surface area (Å²) in [4.78, 5) is 24.0. The number of amides is 1. The van der Waals surface area contributed by atoms with Gasteiger partial charge in [-0.25, -0.2) is 17.6 Å². The van der Waals surface area contributed by atoms with Gasteiger partial charge >= 0.3 is 5.69 Å². The fourth-order valence-corrected chi connectivity index (χ4v) is 4.08. The Bertz CT molecular complexity index is 1230. The molecule has 0 atom stereocenters. The average Bonchev–Trinajstić information content (AvgIpc) is 2.81. The van der Waals surface area contributed by atoms with E-state index >= 15 is 0 Å². The molecule has 1 N–H and O–H groups in total. The first-order valence-electron chi connectivity index (χ1n) is 7.73. The number of aromatic nitrogens is 2. The van der Waals surface area contributed by atoms with Crippen molar-refractivity contribution in [1.82, 2.24) is 9.13 Å². The minimum atomic E-state index is -3.97. The maximum Gasteiger partial charge on any atom is 0.328 e. The van der Waals surface area contributed by atoms with Crippen LogP contribution in [0.2, 0.25) is 5.02 Å². The number of anilines is 1. The molecule has 0 saturated carbocycles. The molecule has 10 heteroatoms. The molecule has 1 heterocycles. The summed E-state index contributed by atoms with van der Waals surface area (Å²) in [5, 5.41) is 2.31. The third kappa shape index (κ3) is 3.60. The molecule has 7 nitrogen and oxygen atoms in total. The number of hydrogen-bond acceptors (Lipinski definition) is 4. The Morgan fingerprint density at radius 1 is 1.11 bits per heavy atom. The molecule has 0 aliphatic carbocycles. The van der Waals surface area contributed by atoms with Crippen molar-refractivity contribution >= 4 is 44.1 Å². The first kappa shape index (κ1) is 19.1. The van der Waals surface area contributed by atoms with Crippen molar-refractivity contribution < 1.29 is 17.6 Å². The summed E-state index contributed by atoms with van der Waals surface area (Å²) in [6.45, 7) is 0. The van der Waals surface area contributed by atoms with Crippen LogP contribution < -0.4 is 11.0 Å². The third-order valence-electron chi connectivity index (χ3n) is 4.13. The van der Waals surface area contributed by atoms with E-state index < -0.39 is 27.3 Å². The summed E-state index contributed by atoms with van der Waals surface area (Å²) >= 11 is 5.82. The molecular formula is C17H15ClFN3O4S. The van der Waals surface area contributed by atoms with Gasteiger partial charge in [0.05, 0.1) is 26.6 Å². The Morgan fingerprint density at radius 3 is 2.44 bits per heavy atom. The van der Waals surface area contributed by atoms with Gasteiger partial charge in [-0.15, -0.1) is 0 Å². The Kier molecular flexibility index (Phi) is 4.83. The Hall–Kier alpha value is -2.65. The van der Waals surface area contributed by atoms with Crippen LogP contribution in [0.3, 0.4) is 0 Å². The highest BCUT2D eigenvalue weighted by Gasteiger charge is 2.22. The van der Waals surface area contributed by atoms with E-state index in [0.717, 1.165) is 12.1 Å². The molecule has 3 rings (SSSR count). The molecule has 0 radical (unpaired) electrons. The summed E-state index contributed by atoms with van der Waals surface area (Å²) < 4.78 is 40.9. The second-order valence-corrected chi connectivity index (χ2v) is 8.38. The van der Waals surface area contributed by atoms with Gasteiger partial charge in [0.1, 0.15) is 11.6 Å². The normalized spacial score (nSPS) is 11.7. The zero-order valence-electron chi connectivity index (χ0n) is 14.4. The minimum absolute atomic E-state index is 0.0403. The fourth-order valence-electron chi connectivity index (χ4n) is 2.71. The number of aryl methyl sites for hydroxylation is 2. The lowest BCUT2D eigenvalue weighted by atomic mass is 10.3. The lowest BCUT2D eigenvalue weighted by molar-refractivity contribution is -0.113. The molecule has 0 spiro atoms. The number of fused-ring (bicyclic) bond motifs is 1. The number of rotatable bonds is 4. The van der Waals surface area contributed by atoms with Crippen LogP contribution in [0, 0.1) is 5.82 Å². The zero-order valence-corrected chi connectivity index (χ0v) is 15.9. The highest BCUT2D eigenvalue weighted by molar-refractivity contribution is 7.92. The molecule has 27 heavy (non-hydrogen) atoms. The number of halogens is 2. The van der Waals surface area contributed by atoms with Gasteiger partial charge in [0.25, 0.3) is 0 Å². The van der Waals surface area contributed by atoms with E-state index in [1.807, 2.05) is 0 Å². The lowest BCUT2D eigenvalue weighted by Gasteiger charge is -2.08. The van der Waals surface area contributed by atoms with Crippen molar-refractivity contribution in [1.29, 1.82) is 0 Å². The van der Waals surface area contributed by atoms with Crippen LogP contribution >= 0.6 is 11.6 Å². The second kappa shape index (κ2) is 6.82. The third-order valence-corrected chi connectivity index (χ3v) is 6.06. The molecule has 0 aliphatic heterocycles. The molecular weight excluding hydrogens is 397 g/mol. The van der Waals surface area contributed by atoms with Crippen molar-refractivity contribution in [3.8, 4) is 0 Å². The molecule has 0 unspecified atom stereocenters. The highest BCUT2D eigenvalue weighted by Crippen LogP contribution is 2.23. The van der Waals surface area contributed by atoms with Crippen LogP contribution in [-0.2, 0) is 28.7 Å². The van der Waals surface area contributed by atoms with Crippen LogP contribution in [0.25, 0.3) is 11.0 Å². The first-order chi connectivity index (χ1) is 12.6. The second-order valence-electron chi connectivity index (χ2n) is 5.98. The predicted molar refractivity (Wildman–Crippen MR) is 100 cm³/mol. The number of imidazole rings is 1. The molecule has 1 amide bonds. The van der Waals surface area contributed by atoms with E-state index in [1.165, 1.54) is 40.4 Å². The molecule has 0 bridgehead atoms. The highest BCUT2D eigenvalue weighted by atomic mass is 35.5. The number of carbonyl (C=O) groups is 1. The Labute approximate surface area is 158 Å². The van der Waals surface area contributed by atoms with E-state index in [4.69, 9.17) is 11.6 Å². The van der Waals surface area contributed by atoms with Crippen molar-refractivity contribution in [3.63, 3.8) is 0 Å². The Balaban J connectivity index is 1.88. The average molecular weight is 412 g/mol. The maximum absolute atomic E-state index is 13.0. The summed E-state index contributed by atoms with van der Waals surface area (Å²) in [7, 11) is -0.852. The molecule has 3 aromatic rings. The maximum atomic E-state index is 13.0. The van der Waals surface area contributed by atoms with Crippen molar-refractivity contribution in [2.75, 3.05) is 11.1 Å². The predicted octanol–water partition coefficient (Wildman–Crippen LogP) is 2.08. The fraction of sp³-hybridized carbons (Fsp3) is 0.176. The van der Waals surface area contributed by atoms with Gasteiger partial charge in [-0.1, -0.05) is 11.6 Å². The van der Waals surface area contributed by atoms with Crippen LogP contribution in [-0.4, -0.2) is 29.2 Å². The van der Waals surface area contributed by atoms with Gasteiger partial charge in [0, 0.05) is 14.1 Å². The summed E-state index contributed by atoms with van der Waals surface area (Å²) in [5.74, 6) is -2.22. The van der Waals surface area contributed by atoms with Gasteiger partial charge in [-0.2, -0.15) is 0 Å². The molecule has 2 aromatic carbocycles. The number of sulfone groups is 1. The molecule has 0 fully saturated rings. The molecule has 0 saturated heterocycles. The van der Waals surface area contributed by atoms with Crippen molar-refractivity contribution in [2.45, 2.75) is 4.90 Å². The minimum Gasteiger partial charge on any atom is -0.324 e. The number of hydrogen-bond donors (Lipinski definition) is 1. The largest absolute Gasteiger partial charge is 0.328 e. The summed E-state index contributed by atoms with van der Waals surface area (Å²) in [5.41, 5.74) is 0.831. The first-order valence-corrected chi connectivity index (χ1v) is 9.76. The standard InChI is InChI=1S/C17H15ClFN3O4S/c1-21-14-6-4-11(8-15(14)22(2)17(21)24)27(25,26)9-16(23)20-13-5-3-10(19)7-12(13)18/h3-8H,9H2,1-2H3,(H,20,23).